The number of ether oxygens (including phenoxy) is 3. The Morgan fingerprint density at radius 2 is 1.75 bits per heavy atom. The molecular formula is C19H23NO4. The third-order valence-electron chi connectivity index (χ3n) is 3.40. The Kier molecular flexibility index (Phi) is 6.49. The summed E-state index contributed by atoms with van der Waals surface area (Å²) >= 11 is 0. The molecule has 128 valence electrons. The molecule has 1 amide bonds. The Labute approximate surface area is 142 Å². The second-order valence-corrected chi connectivity index (χ2v) is 5.14. The first kappa shape index (κ1) is 17.7. The van der Waals surface area contributed by atoms with Gasteiger partial charge in [-0.25, -0.2) is 0 Å². The summed E-state index contributed by atoms with van der Waals surface area (Å²) in [6.07, 6.45) is -0.0402. The molecule has 0 spiro atoms. The molecule has 0 bridgehead atoms. The van der Waals surface area contributed by atoms with E-state index in [0.29, 0.717) is 30.2 Å². The Hall–Kier alpha value is -2.69. The van der Waals surface area contributed by atoms with Gasteiger partial charge in [0, 0.05) is 17.8 Å². The van der Waals surface area contributed by atoms with Crippen molar-refractivity contribution >= 4 is 11.6 Å². The summed E-state index contributed by atoms with van der Waals surface area (Å²) in [6, 6.07) is 14.5. The largest absolute Gasteiger partial charge is 0.497 e. The molecule has 0 aliphatic heterocycles. The fourth-order valence-corrected chi connectivity index (χ4v) is 2.21. The summed E-state index contributed by atoms with van der Waals surface area (Å²) in [5.41, 5.74) is 0.679. The summed E-state index contributed by atoms with van der Waals surface area (Å²) in [4.78, 5) is 12.5. The maximum atomic E-state index is 12.5. The lowest BCUT2D eigenvalue weighted by molar-refractivity contribution is -0.122. The molecule has 0 radical (unpaired) electrons. The zero-order valence-electron chi connectivity index (χ0n) is 14.2. The second-order valence-electron chi connectivity index (χ2n) is 5.14. The van der Waals surface area contributed by atoms with Crippen LogP contribution in [-0.4, -0.2) is 25.7 Å². The van der Waals surface area contributed by atoms with Crippen LogP contribution in [0, 0.1) is 0 Å². The van der Waals surface area contributed by atoms with E-state index in [1.807, 2.05) is 44.2 Å². The van der Waals surface area contributed by atoms with Gasteiger partial charge in [-0.2, -0.15) is 0 Å². The van der Waals surface area contributed by atoms with Crippen LogP contribution in [0.5, 0.6) is 17.2 Å². The highest BCUT2D eigenvalue weighted by Gasteiger charge is 2.19. The minimum absolute atomic E-state index is 0.200. The normalized spacial score (nSPS) is 11.5. The fraction of sp³-hybridized carbons (Fsp3) is 0.316. The molecule has 0 saturated heterocycles. The Bertz CT molecular complexity index is 672. The van der Waals surface area contributed by atoms with Gasteiger partial charge in [-0.3, -0.25) is 4.79 Å². The van der Waals surface area contributed by atoms with E-state index >= 15 is 0 Å². The molecule has 2 rings (SSSR count). The third-order valence-corrected chi connectivity index (χ3v) is 3.40. The van der Waals surface area contributed by atoms with Crippen LogP contribution >= 0.6 is 0 Å². The van der Waals surface area contributed by atoms with E-state index in [0.717, 1.165) is 5.75 Å². The molecule has 0 saturated carbocycles. The number of carbonyl (C=O) groups is 1. The lowest BCUT2D eigenvalue weighted by Crippen LogP contribution is -2.32. The number of methoxy groups -OCH3 is 1. The molecule has 0 aliphatic rings. The Morgan fingerprint density at radius 1 is 1.04 bits per heavy atom. The van der Waals surface area contributed by atoms with Gasteiger partial charge in [0.1, 0.15) is 17.2 Å². The first-order chi connectivity index (χ1) is 11.7. The standard InChI is InChI=1S/C19H23NO4/c1-4-18(24-17-11-7-9-15(13-17)22-3)19(21)20-14-8-6-10-16(12-14)23-5-2/h6-13,18H,4-5H2,1-3H3,(H,20,21)/t18-/m1/s1. The third kappa shape index (κ3) is 4.91. The summed E-state index contributed by atoms with van der Waals surface area (Å²) < 4.78 is 16.4. The van der Waals surface area contributed by atoms with Gasteiger partial charge in [0.05, 0.1) is 13.7 Å². The highest BCUT2D eigenvalue weighted by molar-refractivity contribution is 5.94. The molecule has 0 fully saturated rings. The lowest BCUT2D eigenvalue weighted by Gasteiger charge is -2.18. The predicted octanol–water partition coefficient (Wildman–Crippen LogP) is 3.89. The van der Waals surface area contributed by atoms with Crippen LogP contribution in [-0.2, 0) is 4.79 Å². The van der Waals surface area contributed by atoms with E-state index in [9.17, 15) is 4.79 Å². The van der Waals surface area contributed by atoms with Crippen LogP contribution in [0.3, 0.4) is 0 Å². The number of anilines is 1. The molecule has 2 aromatic carbocycles. The Morgan fingerprint density at radius 3 is 2.46 bits per heavy atom. The number of carbonyl (C=O) groups excluding carboxylic acids is 1. The summed E-state index contributed by atoms with van der Waals surface area (Å²) in [5, 5.41) is 2.87. The highest BCUT2D eigenvalue weighted by Crippen LogP contribution is 2.22. The number of amides is 1. The molecule has 0 aliphatic carbocycles. The second kappa shape index (κ2) is 8.82. The van der Waals surface area contributed by atoms with Gasteiger partial charge in [0.15, 0.2) is 6.10 Å². The zero-order chi connectivity index (χ0) is 17.4. The Balaban J connectivity index is 2.04. The van der Waals surface area contributed by atoms with Gasteiger partial charge in [0.2, 0.25) is 0 Å². The molecule has 0 heterocycles. The molecular weight excluding hydrogens is 306 g/mol. The van der Waals surface area contributed by atoms with Gasteiger partial charge >= 0.3 is 0 Å². The molecule has 24 heavy (non-hydrogen) atoms. The quantitative estimate of drug-likeness (QED) is 0.798. The van der Waals surface area contributed by atoms with Gasteiger partial charge in [-0.05, 0) is 37.6 Å². The van der Waals surface area contributed by atoms with Crippen LogP contribution in [0.2, 0.25) is 0 Å². The van der Waals surface area contributed by atoms with Crippen molar-refractivity contribution in [3.63, 3.8) is 0 Å². The SMILES string of the molecule is CCOc1cccc(NC(=O)[C@@H](CC)Oc2cccc(OC)c2)c1. The molecule has 0 unspecified atom stereocenters. The molecule has 5 nitrogen and oxygen atoms in total. The van der Waals surface area contributed by atoms with Crippen LogP contribution < -0.4 is 19.5 Å². The average Bonchev–Trinajstić information content (AvgIpc) is 2.60. The van der Waals surface area contributed by atoms with Gasteiger partial charge in [-0.1, -0.05) is 19.1 Å². The van der Waals surface area contributed by atoms with Crippen molar-refractivity contribution < 1.29 is 19.0 Å². The minimum Gasteiger partial charge on any atom is -0.497 e. The van der Waals surface area contributed by atoms with Crippen molar-refractivity contribution in [2.75, 3.05) is 19.0 Å². The van der Waals surface area contributed by atoms with E-state index in [1.54, 1.807) is 25.3 Å². The van der Waals surface area contributed by atoms with Crippen LogP contribution in [0.1, 0.15) is 20.3 Å². The lowest BCUT2D eigenvalue weighted by atomic mass is 10.2. The van der Waals surface area contributed by atoms with Crippen LogP contribution in [0.25, 0.3) is 0 Å². The number of rotatable bonds is 8. The summed E-state index contributed by atoms with van der Waals surface area (Å²) in [5.74, 6) is 1.80. The summed E-state index contributed by atoms with van der Waals surface area (Å²) in [6.45, 7) is 4.40. The molecule has 5 heteroatoms. The van der Waals surface area contributed by atoms with Gasteiger partial charge < -0.3 is 19.5 Å². The monoisotopic (exact) mass is 329 g/mol. The summed E-state index contributed by atoms with van der Waals surface area (Å²) in [7, 11) is 1.59. The van der Waals surface area contributed by atoms with Crippen molar-refractivity contribution in [2.45, 2.75) is 26.4 Å². The number of nitrogens with one attached hydrogen (secondary N) is 1. The van der Waals surface area contributed by atoms with Crippen molar-refractivity contribution in [1.82, 2.24) is 0 Å². The van der Waals surface area contributed by atoms with Gasteiger partial charge in [0.25, 0.3) is 5.91 Å². The maximum Gasteiger partial charge on any atom is 0.265 e. The van der Waals surface area contributed by atoms with Crippen molar-refractivity contribution in [3.05, 3.63) is 48.5 Å². The first-order valence-electron chi connectivity index (χ1n) is 8.00. The van der Waals surface area contributed by atoms with E-state index in [4.69, 9.17) is 14.2 Å². The molecule has 0 aromatic heterocycles. The smallest absolute Gasteiger partial charge is 0.265 e. The minimum atomic E-state index is -0.590. The predicted molar refractivity (Wildman–Crippen MR) is 93.9 cm³/mol. The van der Waals surface area contributed by atoms with Crippen LogP contribution in [0.4, 0.5) is 5.69 Å². The van der Waals surface area contributed by atoms with Crippen molar-refractivity contribution in [3.8, 4) is 17.2 Å². The maximum absolute atomic E-state index is 12.5. The van der Waals surface area contributed by atoms with E-state index < -0.39 is 6.10 Å². The zero-order valence-corrected chi connectivity index (χ0v) is 14.2. The van der Waals surface area contributed by atoms with E-state index in [1.165, 1.54) is 0 Å². The van der Waals surface area contributed by atoms with Crippen molar-refractivity contribution in [2.24, 2.45) is 0 Å². The molecule has 2 aromatic rings. The first-order valence-corrected chi connectivity index (χ1v) is 8.00. The number of hydrogen-bond acceptors (Lipinski definition) is 4. The average molecular weight is 329 g/mol. The molecule has 1 atom stereocenters. The molecule has 1 N–H and O–H groups in total. The highest BCUT2D eigenvalue weighted by atomic mass is 16.5. The van der Waals surface area contributed by atoms with Crippen molar-refractivity contribution in [1.29, 1.82) is 0 Å². The fourth-order valence-electron chi connectivity index (χ4n) is 2.21. The number of hydrogen-bond donors (Lipinski definition) is 1. The van der Waals surface area contributed by atoms with Crippen LogP contribution in [0.15, 0.2) is 48.5 Å². The van der Waals surface area contributed by atoms with Gasteiger partial charge in [-0.15, -0.1) is 0 Å². The topological polar surface area (TPSA) is 56.8 Å². The van der Waals surface area contributed by atoms with E-state index in [-0.39, 0.29) is 5.91 Å². The van der Waals surface area contributed by atoms with E-state index in [2.05, 4.69) is 5.32 Å². The number of benzene rings is 2.